The molecule has 0 atom stereocenters. The lowest BCUT2D eigenvalue weighted by Gasteiger charge is -2.00. The topological polar surface area (TPSA) is 32.9 Å². The lowest BCUT2D eigenvalue weighted by molar-refractivity contribution is 0.103. The van der Waals surface area contributed by atoms with Gasteiger partial charge in [-0.05, 0) is 18.2 Å². The predicted molar refractivity (Wildman–Crippen MR) is 55.7 cm³/mol. The third-order valence-corrected chi connectivity index (χ3v) is 2.31. The normalized spacial score (nSPS) is 10.1. The second-order valence-electron chi connectivity index (χ2n) is 2.91. The van der Waals surface area contributed by atoms with Crippen molar-refractivity contribution in [3.05, 3.63) is 58.9 Å². The Labute approximate surface area is 86.5 Å². The maximum Gasteiger partial charge on any atom is 0.196 e. The van der Waals surface area contributed by atoms with Crippen LogP contribution in [0.3, 0.4) is 0 Å². The van der Waals surface area contributed by atoms with Crippen molar-refractivity contribution >= 4 is 17.4 Å². The summed E-state index contributed by atoms with van der Waals surface area (Å²) in [5.41, 5.74) is 1.16. The first-order valence-corrected chi connectivity index (χ1v) is 4.59. The molecule has 0 saturated heterocycles. The molecule has 0 amide bonds. The van der Waals surface area contributed by atoms with Gasteiger partial charge in [0.15, 0.2) is 5.78 Å². The molecule has 1 aromatic carbocycles. The van der Waals surface area contributed by atoms with E-state index in [9.17, 15) is 4.79 Å². The summed E-state index contributed by atoms with van der Waals surface area (Å²) < 4.78 is 0. The Bertz CT molecular complexity index is 448. The van der Waals surface area contributed by atoms with Crippen molar-refractivity contribution < 1.29 is 4.79 Å². The van der Waals surface area contributed by atoms with Crippen LogP contribution in [-0.4, -0.2) is 10.8 Å². The molecular formula is C11H8ClNO. The smallest absolute Gasteiger partial charge is 0.196 e. The highest BCUT2D eigenvalue weighted by atomic mass is 35.5. The van der Waals surface area contributed by atoms with Gasteiger partial charge in [0.25, 0.3) is 0 Å². The number of carbonyl (C=O) groups is 1. The number of nitrogens with one attached hydrogen (secondary N) is 1. The van der Waals surface area contributed by atoms with Crippen molar-refractivity contribution in [1.29, 1.82) is 0 Å². The minimum absolute atomic E-state index is 0.0585. The van der Waals surface area contributed by atoms with E-state index in [2.05, 4.69) is 4.98 Å². The van der Waals surface area contributed by atoms with Gasteiger partial charge in [-0.2, -0.15) is 0 Å². The first kappa shape index (κ1) is 9.03. The molecule has 2 rings (SSSR count). The van der Waals surface area contributed by atoms with Gasteiger partial charge >= 0.3 is 0 Å². The first-order chi connectivity index (χ1) is 6.79. The largest absolute Gasteiger partial charge is 0.367 e. The quantitative estimate of drug-likeness (QED) is 0.752. The number of carbonyl (C=O) groups excluding carboxylic acids is 1. The summed E-state index contributed by atoms with van der Waals surface area (Å²) in [6.07, 6.45) is 3.37. The van der Waals surface area contributed by atoms with Crippen molar-refractivity contribution in [2.45, 2.75) is 0 Å². The van der Waals surface area contributed by atoms with Gasteiger partial charge in [-0.1, -0.05) is 23.7 Å². The van der Waals surface area contributed by atoms with Crippen molar-refractivity contribution in [3.8, 4) is 0 Å². The maximum absolute atomic E-state index is 11.8. The average molecular weight is 206 g/mol. The Morgan fingerprint density at radius 2 is 2.00 bits per heavy atom. The number of hydrogen-bond donors (Lipinski definition) is 1. The fourth-order valence-electron chi connectivity index (χ4n) is 1.27. The Kier molecular flexibility index (Phi) is 2.37. The highest BCUT2D eigenvalue weighted by Gasteiger charge is 2.11. The minimum Gasteiger partial charge on any atom is -0.367 e. The summed E-state index contributed by atoms with van der Waals surface area (Å²) in [5, 5.41) is 0.485. The summed E-state index contributed by atoms with van der Waals surface area (Å²) >= 11 is 5.90. The number of rotatable bonds is 2. The number of benzene rings is 1. The fourth-order valence-corrected chi connectivity index (χ4v) is 1.49. The molecule has 1 N–H and O–H groups in total. The molecule has 0 aliphatic heterocycles. The van der Waals surface area contributed by atoms with E-state index >= 15 is 0 Å². The van der Waals surface area contributed by atoms with E-state index in [0.29, 0.717) is 16.1 Å². The molecule has 0 unspecified atom stereocenters. The van der Waals surface area contributed by atoms with E-state index in [1.165, 1.54) is 0 Å². The van der Waals surface area contributed by atoms with Crippen LogP contribution in [0.5, 0.6) is 0 Å². The summed E-state index contributed by atoms with van der Waals surface area (Å²) in [6.45, 7) is 0. The van der Waals surface area contributed by atoms with Gasteiger partial charge in [0.1, 0.15) is 0 Å². The Hall–Kier alpha value is -1.54. The lowest BCUT2D eigenvalue weighted by atomic mass is 10.1. The standard InChI is InChI=1S/C11H8ClNO/c12-10-4-2-1-3-9(10)11(14)8-5-6-13-7-8/h1-7,13H. The summed E-state index contributed by atoms with van der Waals surface area (Å²) in [6, 6.07) is 8.76. The maximum atomic E-state index is 11.8. The number of aromatic amines is 1. The molecule has 0 aliphatic rings. The fraction of sp³-hybridized carbons (Fsp3) is 0. The zero-order valence-corrected chi connectivity index (χ0v) is 8.08. The number of aromatic nitrogens is 1. The van der Waals surface area contributed by atoms with Crippen LogP contribution in [-0.2, 0) is 0 Å². The predicted octanol–water partition coefficient (Wildman–Crippen LogP) is 2.90. The van der Waals surface area contributed by atoms with Crippen molar-refractivity contribution in [1.82, 2.24) is 4.98 Å². The molecule has 0 aliphatic carbocycles. The van der Waals surface area contributed by atoms with Gasteiger partial charge in [0, 0.05) is 23.5 Å². The van der Waals surface area contributed by atoms with Gasteiger partial charge in [-0.25, -0.2) is 0 Å². The van der Waals surface area contributed by atoms with Crippen LogP contribution in [0.15, 0.2) is 42.7 Å². The third-order valence-electron chi connectivity index (χ3n) is 1.98. The molecule has 2 nitrogen and oxygen atoms in total. The van der Waals surface area contributed by atoms with Gasteiger partial charge in [0.05, 0.1) is 5.02 Å². The highest BCUT2D eigenvalue weighted by molar-refractivity contribution is 6.34. The zero-order valence-electron chi connectivity index (χ0n) is 7.33. The van der Waals surface area contributed by atoms with Gasteiger partial charge < -0.3 is 4.98 Å². The Morgan fingerprint density at radius 1 is 1.21 bits per heavy atom. The van der Waals surface area contributed by atoms with Gasteiger partial charge in [-0.15, -0.1) is 0 Å². The molecule has 70 valence electrons. The SMILES string of the molecule is O=C(c1cc[nH]c1)c1ccccc1Cl. The third kappa shape index (κ3) is 1.56. The van der Waals surface area contributed by atoms with Crippen LogP contribution in [0.25, 0.3) is 0 Å². The van der Waals surface area contributed by atoms with E-state index in [1.54, 1.807) is 42.7 Å². The Balaban J connectivity index is 2.42. The van der Waals surface area contributed by atoms with Gasteiger partial charge in [0.2, 0.25) is 0 Å². The van der Waals surface area contributed by atoms with Crippen LogP contribution in [0, 0.1) is 0 Å². The van der Waals surface area contributed by atoms with E-state index in [-0.39, 0.29) is 5.78 Å². The number of H-pyrrole nitrogens is 1. The molecular weight excluding hydrogens is 198 g/mol. The molecule has 1 heterocycles. The molecule has 14 heavy (non-hydrogen) atoms. The summed E-state index contributed by atoms with van der Waals surface area (Å²) in [4.78, 5) is 14.7. The molecule has 0 bridgehead atoms. The summed E-state index contributed by atoms with van der Waals surface area (Å²) in [7, 11) is 0. The first-order valence-electron chi connectivity index (χ1n) is 4.21. The molecule has 0 saturated carbocycles. The van der Waals surface area contributed by atoms with E-state index in [0.717, 1.165) is 0 Å². The average Bonchev–Trinajstić information content (AvgIpc) is 2.70. The molecule has 1 aromatic heterocycles. The van der Waals surface area contributed by atoms with Crippen LogP contribution in [0.1, 0.15) is 15.9 Å². The molecule has 3 heteroatoms. The Morgan fingerprint density at radius 3 is 2.64 bits per heavy atom. The number of halogens is 1. The van der Waals surface area contributed by atoms with Crippen molar-refractivity contribution in [2.24, 2.45) is 0 Å². The number of ketones is 1. The van der Waals surface area contributed by atoms with Crippen molar-refractivity contribution in [2.75, 3.05) is 0 Å². The monoisotopic (exact) mass is 205 g/mol. The van der Waals surface area contributed by atoms with E-state index in [4.69, 9.17) is 11.6 Å². The molecule has 0 spiro atoms. The van der Waals surface area contributed by atoms with E-state index < -0.39 is 0 Å². The molecule has 0 radical (unpaired) electrons. The van der Waals surface area contributed by atoms with Crippen molar-refractivity contribution in [3.63, 3.8) is 0 Å². The zero-order chi connectivity index (χ0) is 9.97. The van der Waals surface area contributed by atoms with Gasteiger partial charge in [-0.3, -0.25) is 4.79 Å². The van der Waals surface area contributed by atoms with E-state index in [1.807, 2.05) is 0 Å². The number of hydrogen-bond acceptors (Lipinski definition) is 1. The van der Waals surface area contributed by atoms with Crippen LogP contribution in [0.2, 0.25) is 5.02 Å². The highest BCUT2D eigenvalue weighted by Crippen LogP contribution is 2.18. The van der Waals surface area contributed by atoms with Crippen LogP contribution >= 0.6 is 11.6 Å². The molecule has 0 fully saturated rings. The second kappa shape index (κ2) is 3.68. The van der Waals surface area contributed by atoms with Crippen LogP contribution in [0.4, 0.5) is 0 Å². The van der Waals surface area contributed by atoms with Crippen LogP contribution < -0.4 is 0 Å². The minimum atomic E-state index is -0.0585. The summed E-state index contributed by atoms with van der Waals surface area (Å²) in [5.74, 6) is -0.0585. The molecule has 2 aromatic rings. The second-order valence-corrected chi connectivity index (χ2v) is 3.32. The lowest BCUT2D eigenvalue weighted by Crippen LogP contribution is -1.99.